The van der Waals surface area contributed by atoms with Crippen molar-refractivity contribution in [2.45, 2.75) is 67.8 Å². The summed E-state index contributed by atoms with van der Waals surface area (Å²) in [4.78, 5) is 19.9. The summed E-state index contributed by atoms with van der Waals surface area (Å²) in [6, 6.07) is 16.5. The molecular weight excluding hydrogens is 765 g/mol. The van der Waals surface area contributed by atoms with Crippen molar-refractivity contribution in [2.75, 3.05) is 55.9 Å². The van der Waals surface area contributed by atoms with Crippen molar-refractivity contribution in [3.05, 3.63) is 87.7 Å². The van der Waals surface area contributed by atoms with E-state index >= 15 is 0 Å². The quantitative estimate of drug-likeness (QED) is 0.157. The predicted molar refractivity (Wildman–Crippen MR) is 208 cm³/mol. The van der Waals surface area contributed by atoms with Crippen LogP contribution in [0.2, 0.25) is 0 Å². The van der Waals surface area contributed by atoms with Gasteiger partial charge in [0.25, 0.3) is 0 Å². The van der Waals surface area contributed by atoms with Crippen molar-refractivity contribution >= 4 is 43.1 Å². The van der Waals surface area contributed by atoms with Crippen LogP contribution in [-0.4, -0.2) is 92.0 Å². The lowest BCUT2D eigenvalue weighted by molar-refractivity contribution is -0.384. The molecule has 19 heteroatoms. The molecule has 4 aromatic rings. The van der Waals surface area contributed by atoms with Gasteiger partial charge in [0.1, 0.15) is 11.6 Å². The lowest BCUT2D eigenvalue weighted by Crippen LogP contribution is -2.42. The van der Waals surface area contributed by atoms with E-state index in [1.807, 2.05) is 19.1 Å². The molecule has 8 rings (SSSR count). The number of sulfonamides is 2. The molecule has 0 saturated carbocycles. The smallest absolute Gasteiger partial charge is 0.311 e. The van der Waals surface area contributed by atoms with Crippen LogP contribution in [-0.2, 0) is 26.5 Å². The van der Waals surface area contributed by atoms with Crippen LogP contribution in [0.25, 0.3) is 0 Å². The maximum absolute atomic E-state index is 13.0. The highest BCUT2D eigenvalue weighted by atomic mass is 32.2. The number of nitrogens with one attached hydrogen (secondary N) is 2. The van der Waals surface area contributed by atoms with Crippen LogP contribution in [0.15, 0.2) is 70.5 Å². The van der Waals surface area contributed by atoms with Crippen molar-refractivity contribution < 1.29 is 36.0 Å². The second-order valence-corrected chi connectivity index (χ2v) is 17.9. The summed E-state index contributed by atoms with van der Waals surface area (Å²) in [5.41, 5.74) is 9.03. The molecule has 0 atom stereocenters. The SMILES string of the molecule is Cc1ccc(N)c(NC2CCN(S(=O)(=O)c3ccc4c(c3)CCO4)CC2)n1.Cc1ccc([N+](=O)[O-])c(NC2CCN(S(=O)(=O)c3ccc4c(c3)OCO4)CC2)n1. The number of rotatable bonds is 9. The Labute approximate surface area is 325 Å². The van der Waals surface area contributed by atoms with E-state index in [0.717, 1.165) is 23.4 Å². The monoisotopic (exact) mass is 808 g/mol. The number of fused-ring (bicyclic) bond motifs is 2. The molecular formula is C37H44N8O9S2. The van der Waals surface area contributed by atoms with Crippen molar-refractivity contribution in [3.8, 4) is 17.2 Å². The van der Waals surface area contributed by atoms with Gasteiger partial charge in [-0.15, -0.1) is 0 Å². The molecule has 2 fully saturated rings. The first-order valence-corrected chi connectivity index (χ1v) is 21.2. The maximum atomic E-state index is 13.0. The van der Waals surface area contributed by atoms with Crippen molar-refractivity contribution in [3.63, 3.8) is 0 Å². The minimum Gasteiger partial charge on any atom is -0.493 e. The van der Waals surface area contributed by atoms with Gasteiger partial charge in [0.15, 0.2) is 11.5 Å². The van der Waals surface area contributed by atoms with Crippen LogP contribution in [0.3, 0.4) is 0 Å². The zero-order valence-electron chi connectivity index (χ0n) is 31.0. The van der Waals surface area contributed by atoms with Crippen LogP contribution < -0.4 is 30.6 Å². The van der Waals surface area contributed by atoms with Gasteiger partial charge in [-0.25, -0.2) is 26.8 Å². The fourth-order valence-corrected chi connectivity index (χ4v) is 10.0. The summed E-state index contributed by atoms with van der Waals surface area (Å²) in [5.74, 6) is 2.63. The van der Waals surface area contributed by atoms with Gasteiger partial charge in [0.05, 0.1) is 27.0 Å². The Morgan fingerprint density at radius 1 is 0.714 bits per heavy atom. The molecule has 17 nitrogen and oxygen atoms in total. The Bertz CT molecular complexity index is 2330. The van der Waals surface area contributed by atoms with Gasteiger partial charge < -0.3 is 30.6 Å². The summed E-state index contributed by atoms with van der Waals surface area (Å²) in [6.45, 7) is 5.92. The maximum Gasteiger partial charge on any atom is 0.311 e. The molecule has 0 bridgehead atoms. The van der Waals surface area contributed by atoms with E-state index in [2.05, 4.69) is 20.6 Å². The van der Waals surface area contributed by atoms with Gasteiger partial charge in [-0.1, -0.05) is 0 Å². The number of anilines is 3. The largest absolute Gasteiger partial charge is 0.493 e. The highest BCUT2D eigenvalue weighted by molar-refractivity contribution is 7.89. The van der Waals surface area contributed by atoms with Crippen LogP contribution >= 0.6 is 0 Å². The average Bonchev–Trinajstić information content (AvgIpc) is 3.86. The minimum atomic E-state index is -3.66. The fraction of sp³-hybridized carbons (Fsp3) is 0.405. The van der Waals surface area contributed by atoms with Crippen molar-refractivity contribution in [1.29, 1.82) is 0 Å². The Balaban J connectivity index is 0.000000172. The third kappa shape index (κ3) is 8.45. The average molecular weight is 809 g/mol. The van der Waals surface area contributed by atoms with Gasteiger partial charge in [-0.05, 0) is 93.6 Å². The van der Waals surface area contributed by atoms with Gasteiger partial charge in [-0.3, -0.25) is 10.1 Å². The van der Waals surface area contributed by atoms with Crippen LogP contribution in [0.4, 0.5) is 23.0 Å². The Kier molecular flexibility index (Phi) is 11.2. The number of ether oxygens (including phenoxy) is 3. The van der Waals surface area contributed by atoms with Crippen LogP contribution in [0, 0.1) is 24.0 Å². The molecule has 298 valence electrons. The van der Waals surface area contributed by atoms with E-state index < -0.39 is 25.0 Å². The number of piperidine rings is 2. The highest BCUT2D eigenvalue weighted by Crippen LogP contribution is 2.36. The Hall–Kier alpha value is -5.24. The van der Waals surface area contributed by atoms with E-state index in [-0.39, 0.29) is 35.3 Å². The molecule has 2 saturated heterocycles. The minimum absolute atomic E-state index is 0.0784. The second-order valence-electron chi connectivity index (χ2n) is 14.0. The van der Waals surface area contributed by atoms with Gasteiger partial charge in [0, 0.05) is 68.2 Å². The fourth-order valence-electron chi connectivity index (χ4n) is 7.01. The lowest BCUT2D eigenvalue weighted by atomic mass is 10.1. The number of benzene rings is 2. The summed E-state index contributed by atoms with van der Waals surface area (Å²) in [5, 5.41) is 17.7. The molecule has 56 heavy (non-hydrogen) atoms. The number of aryl methyl sites for hydroxylation is 2. The molecule has 2 aromatic heterocycles. The lowest BCUT2D eigenvalue weighted by Gasteiger charge is -2.32. The summed E-state index contributed by atoms with van der Waals surface area (Å²) in [7, 11) is -7.15. The second kappa shape index (κ2) is 16.1. The van der Waals surface area contributed by atoms with Gasteiger partial charge >= 0.3 is 5.69 Å². The zero-order chi connectivity index (χ0) is 39.6. The highest BCUT2D eigenvalue weighted by Gasteiger charge is 2.33. The third-order valence-electron chi connectivity index (χ3n) is 10.1. The standard InChI is InChI=1S/C19H24N4O3S.C18H20N4O6S/c1-13-2-4-17(20)19(21-13)22-15-6-9-23(10-7-15)27(24,25)16-3-5-18-14(12-16)8-11-26-18;1-12-2-4-15(22(23)24)18(19-12)20-13-6-8-21(9-7-13)29(25,26)14-3-5-16-17(10-14)28-11-27-16/h2-5,12,15H,6-11,20H2,1H3,(H,21,22);2-5,10,13H,6-9,11H2,1H3,(H,19,20). The molecule has 2 aromatic carbocycles. The van der Waals surface area contributed by atoms with E-state index in [4.69, 9.17) is 19.9 Å². The zero-order valence-corrected chi connectivity index (χ0v) is 32.6. The van der Waals surface area contributed by atoms with Crippen molar-refractivity contribution in [2.24, 2.45) is 0 Å². The molecule has 4 N–H and O–H groups in total. The van der Waals surface area contributed by atoms with Crippen molar-refractivity contribution in [1.82, 2.24) is 18.6 Å². The molecule has 0 radical (unpaired) electrons. The normalized spacial score (nSPS) is 17.7. The Morgan fingerprint density at radius 2 is 1.25 bits per heavy atom. The summed E-state index contributed by atoms with van der Waals surface area (Å²) >= 11 is 0. The van der Waals surface area contributed by atoms with E-state index in [1.165, 1.54) is 22.5 Å². The Morgan fingerprint density at radius 3 is 1.88 bits per heavy atom. The molecule has 0 aliphatic carbocycles. The molecule has 4 aliphatic rings. The number of nitrogen functional groups attached to an aromatic ring is 1. The van der Waals surface area contributed by atoms with Crippen LogP contribution in [0.5, 0.6) is 17.2 Å². The van der Waals surface area contributed by atoms with Crippen LogP contribution in [0.1, 0.15) is 42.6 Å². The first-order valence-electron chi connectivity index (χ1n) is 18.3. The molecule has 6 heterocycles. The van der Waals surface area contributed by atoms with Gasteiger partial charge in [-0.2, -0.15) is 8.61 Å². The molecule has 0 unspecified atom stereocenters. The summed E-state index contributed by atoms with van der Waals surface area (Å²) < 4.78 is 70.8. The molecule has 4 aliphatic heterocycles. The number of nitrogens with zero attached hydrogens (tertiary/aromatic N) is 5. The number of hydrogen-bond donors (Lipinski definition) is 3. The number of pyridine rings is 2. The number of aromatic nitrogens is 2. The number of nitrogens with two attached hydrogens (primary N) is 1. The third-order valence-corrected chi connectivity index (χ3v) is 13.9. The first kappa shape index (κ1) is 39.0. The molecule has 0 amide bonds. The predicted octanol–water partition coefficient (Wildman–Crippen LogP) is 4.46. The number of nitro groups is 1. The summed E-state index contributed by atoms with van der Waals surface area (Å²) in [6.07, 6.45) is 3.20. The van der Waals surface area contributed by atoms with E-state index in [9.17, 15) is 26.9 Å². The van der Waals surface area contributed by atoms with Gasteiger partial charge in [0.2, 0.25) is 32.7 Å². The van der Waals surface area contributed by atoms with E-state index in [1.54, 1.807) is 41.6 Å². The molecule has 0 spiro atoms. The first-order chi connectivity index (χ1) is 26.8. The van der Waals surface area contributed by atoms with E-state index in [0.29, 0.717) is 92.1 Å². The topological polar surface area (TPSA) is 221 Å². The number of hydrogen-bond acceptors (Lipinski definition) is 14.